The van der Waals surface area contributed by atoms with Crippen LogP contribution in [-0.4, -0.2) is 0 Å². The summed E-state index contributed by atoms with van der Waals surface area (Å²) in [6, 6.07) is 45.2. The fraction of sp³-hybridized carbons (Fsp3) is 0.217. The molecule has 2 unspecified atom stereocenters. The second-order valence-electron chi connectivity index (χ2n) is 20.9. The number of hydrogen-bond donors (Lipinski definition) is 0. The summed E-state index contributed by atoms with van der Waals surface area (Å²) in [5.41, 5.74) is 26.9. The summed E-state index contributed by atoms with van der Waals surface area (Å²) in [7, 11) is 0. The van der Waals surface area contributed by atoms with Crippen LogP contribution in [0.5, 0.6) is 0 Å². The van der Waals surface area contributed by atoms with Gasteiger partial charge in [-0.2, -0.15) is 0 Å². The highest BCUT2D eigenvalue weighted by molar-refractivity contribution is 5.90. The summed E-state index contributed by atoms with van der Waals surface area (Å²) >= 11 is 0. The van der Waals surface area contributed by atoms with Crippen molar-refractivity contribution in [1.29, 1.82) is 0 Å². The van der Waals surface area contributed by atoms with Gasteiger partial charge in [-0.3, -0.25) is 0 Å². The number of allylic oxidation sites excluding steroid dienone is 22. The van der Waals surface area contributed by atoms with Gasteiger partial charge in [0.15, 0.2) is 0 Å². The number of benzene rings is 5. The number of fused-ring (bicyclic) bond motifs is 3. The topological polar surface area (TPSA) is 3.24 Å². The molecule has 0 saturated heterocycles. The maximum atomic E-state index is 4.64. The molecule has 0 saturated carbocycles. The molecular weight excluding hydrogens is 843 g/mol. The molecular formula is C69H63N. The molecule has 344 valence electrons. The largest absolute Gasteiger partial charge is 0.317 e. The van der Waals surface area contributed by atoms with E-state index in [1.807, 2.05) is 0 Å². The second kappa shape index (κ2) is 17.9. The van der Waals surface area contributed by atoms with Crippen molar-refractivity contribution < 1.29 is 0 Å². The molecule has 0 fully saturated rings. The normalized spacial score (nSPS) is 22.0. The lowest BCUT2D eigenvalue weighted by Gasteiger charge is -2.43. The zero-order chi connectivity index (χ0) is 47.4. The summed E-state index contributed by atoms with van der Waals surface area (Å²) in [6.45, 7) is 12.0. The van der Waals surface area contributed by atoms with Gasteiger partial charge in [0, 0.05) is 23.0 Å². The van der Waals surface area contributed by atoms with Crippen molar-refractivity contribution in [3.63, 3.8) is 0 Å². The first-order valence-electron chi connectivity index (χ1n) is 26.0. The molecule has 0 heterocycles. The number of nitrogens with zero attached hydrogens (tertiary/aromatic N) is 1. The fourth-order valence-electron chi connectivity index (χ4n) is 13.2. The van der Waals surface area contributed by atoms with Gasteiger partial charge < -0.3 is 4.90 Å². The van der Waals surface area contributed by atoms with Gasteiger partial charge in [-0.05, 0) is 189 Å². The van der Waals surface area contributed by atoms with E-state index in [1.165, 1.54) is 106 Å². The Balaban J connectivity index is 0.966. The van der Waals surface area contributed by atoms with E-state index in [4.69, 9.17) is 0 Å². The van der Waals surface area contributed by atoms with Crippen LogP contribution in [0.4, 0.5) is 11.4 Å². The number of anilines is 2. The van der Waals surface area contributed by atoms with Crippen LogP contribution in [0.25, 0.3) is 33.4 Å². The molecule has 0 aromatic heterocycles. The molecule has 7 aliphatic rings. The minimum Gasteiger partial charge on any atom is -0.317 e. The summed E-state index contributed by atoms with van der Waals surface area (Å²) in [5, 5.41) is 0. The van der Waals surface area contributed by atoms with E-state index in [9.17, 15) is 0 Å². The summed E-state index contributed by atoms with van der Waals surface area (Å²) in [6.07, 6.45) is 40.7. The molecule has 1 heteroatoms. The lowest BCUT2D eigenvalue weighted by molar-refractivity contribution is 0.509. The summed E-state index contributed by atoms with van der Waals surface area (Å²) in [4.78, 5) is 2.45. The molecule has 7 aliphatic carbocycles. The number of rotatable bonds is 10. The van der Waals surface area contributed by atoms with Gasteiger partial charge in [-0.1, -0.05) is 197 Å². The first kappa shape index (κ1) is 44.0. The van der Waals surface area contributed by atoms with Crippen molar-refractivity contribution in [2.45, 2.75) is 84.0 Å². The monoisotopic (exact) mass is 905 g/mol. The van der Waals surface area contributed by atoms with E-state index < -0.39 is 0 Å². The van der Waals surface area contributed by atoms with Crippen LogP contribution in [0.15, 0.2) is 252 Å². The Bertz CT molecular complexity index is 3300. The third-order valence-electron chi connectivity index (χ3n) is 16.7. The highest BCUT2D eigenvalue weighted by atomic mass is 15.1. The Morgan fingerprint density at radius 3 is 2.10 bits per heavy atom. The summed E-state index contributed by atoms with van der Waals surface area (Å²) < 4.78 is 0. The Morgan fingerprint density at radius 1 is 0.629 bits per heavy atom. The first-order valence-corrected chi connectivity index (χ1v) is 26.0. The Kier molecular flexibility index (Phi) is 11.3. The predicted molar refractivity (Wildman–Crippen MR) is 298 cm³/mol. The van der Waals surface area contributed by atoms with Crippen molar-refractivity contribution in [2.24, 2.45) is 11.3 Å². The van der Waals surface area contributed by atoms with E-state index in [2.05, 4.69) is 233 Å². The van der Waals surface area contributed by atoms with E-state index >= 15 is 0 Å². The zero-order valence-electron chi connectivity index (χ0n) is 41.1. The van der Waals surface area contributed by atoms with Crippen LogP contribution in [0.2, 0.25) is 0 Å². The van der Waals surface area contributed by atoms with Gasteiger partial charge in [0.05, 0.1) is 5.41 Å². The predicted octanol–water partition coefficient (Wildman–Crippen LogP) is 18.4. The van der Waals surface area contributed by atoms with E-state index in [-0.39, 0.29) is 10.8 Å². The van der Waals surface area contributed by atoms with E-state index in [0.717, 1.165) is 63.5 Å². The molecule has 70 heavy (non-hydrogen) atoms. The van der Waals surface area contributed by atoms with E-state index in [1.54, 1.807) is 0 Å². The first-order chi connectivity index (χ1) is 34.3. The van der Waals surface area contributed by atoms with Crippen molar-refractivity contribution in [1.82, 2.24) is 0 Å². The highest BCUT2D eigenvalue weighted by Crippen LogP contribution is 2.63. The molecule has 0 amide bonds. The maximum absolute atomic E-state index is 4.64. The average molecular weight is 906 g/mol. The van der Waals surface area contributed by atoms with Gasteiger partial charge >= 0.3 is 0 Å². The molecule has 5 aromatic rings. The Labute approximate surface area is 416 Å². The van der Waals surface area contributed by atoms with Crippen LogP contribution in [-0.2, 0) is 11.8 Å². The molecule has 12 rings (SSSR count). The van der Waals surface area contributed by atoms with E-state index in [0.29, 0.717) is 5.92 Å². The zero-order valence-corrected chi connectivity index (χ0v) is 41.1. The standard InChI is InChI=1S/C69H63N/c1-5-63-62(59-27-15-17-30-65(59)69(63,54-24-10-7-11-25-54)64-29-16-12-19-47(64)2)43-44-70(55-38-35-51(36-39-55)50-33-31-49(32-34-50)48-20-8-6-9-21-48)56-40-42-61-60-41-37-53(45-66(60)68(3,4)67(61)46-56)58-28-18-23-52-22-13-14-26-57(52)58/h5-10,12-14,16-17,20-22,24,26,28-36,38-40,42-47H,1,11,15,18-19,23,25,27,37,41H2,2-4H3/b44-43-. The molecule has 0 N–H and O–H groups in total. The van der Waals surface area contributed by atoms with Crippen molar-refractivity contribution in [3.8, 4) is 22.3 Å². The van der Waals surface area contributed by atoms with Gasteiger partial charge in [0.25, 0.3) is 0 Å². The Hall–Kier alpha value is -7.22. The molecule has 0 bridgehead atoms. The fourth-order valence-corrected chi connectivity index (χ4v) is 13.2. The minimum atomic E-state index is -0.338. The van der Waals surface area contributed by atoms with Gasteiger partial charge in [0.1, 0.15) is 0 Å². The van der Waals surface area contributed by atoms with Crippen molar-refractivity contribution in [3.05, 3.63) is 274 Å². The van der Waals surface area contributed by atoms with Crippen LogP contribution in [0, 0.1) is 11.3 Å². The lowest BCUT2D eigenvalue weighted by atomic mass is 9.59. The molecule has 5 aromatic carbocycles. The number of aryl methyl sites for hydroxylation is 1. The van der Waals surface area contributed by atoms with Crippen LogP contribution < -0.4 is 4.90 Å². The smallest absolute Gasteiger partial charge is 0.0638 e. The van der Waals surface area contributed by atoms with Gasteiger partial charge in [-0.25, -0.2) is 0 Å². The van der Waals surface area contributed by atoms with Crippen LogP contribution >= 0.6 is 0 Å². The van der Waals surface area contributed by atoms with Crippen LogP contribution in [0.1, 0.15) is 94.4 Å². The van der Waals surface area contributed by atoms with Gasteiger partial charge in [-0.15, -0.1) is 0 Å². The Morgan fingerprint density at radius 2 is 1.34 bits per heavy atom. The third-order valence-corrected chi connectivity index (χ3v) is 16.7. The van der Waals surface area contributed by atoms with Crippen LogP contribution in [0.3, 0.4) is 0 Å². The van der Waals surface area contributed by atoms with Crippen molar-refractivity contribution >= 4 is 22.5 Å². The van der Waals surface area contributed by atoms with Gasteiger partial charge in [0.2, 0.25) is 0 Å². The molecule has 2 atom stereocenters. The van der Waals surface area contributed by atoms with Crippen molar-refractivity contribution in [2.75, 3.05) is 4.90 Å². The minimum absolute atomic E-state index is 0.148. The average Bonchev–Trinajstić information content (AvgIpc) is 3.83. The highest BCUT2D eigenvalue weighted by Gasteiger charge is 2.50. The SMILES string of the molecule is C=CC1=C(/C=C\N(c2ccc(-c3ccc(-c4ccccc4)cc3)cc2)c2ccc3c(c2)C(C)(C)C2=C3CCC(C3=CCCc4ccccc43)=C2)C2=C(C=CCC2)C1(C1=CC=CCC1)C1=CC=CCC1C. The maximum Gasteiger partial charge on any atom is 0.0638 e. The number of hydrogen-bond acceptors (Lipinski definition) is 1. The molecule has 1 nitrogen and oxygen atoms in total. The third kappa shape index (κ3) is 7.28. The quantitative estimate of drug-likeness (QED) is 0.135. The lowest BCUT2D eigenvalue weighted by Crippen LogP contribution is -2.32. The summed E-state index contributed by atoms with van der Waals surface area (Å²) in [5.74, 6) is 0.416. The molecule has 0 radical (unpaired) electrons. The molecule has 0 spiro atoms. The molecule has 0 aliphatic heterocycles. The second-order valence-corrected chi connectivity index (χ2v) is 20.9.